The van der Waals surface area contributed by atoms with E-state index in [0.29, 0.717) is 17.8 Å². The smallest absolute Gasteiger partial charge is 0.243 e. The molecule has 0 saturated heterocycles. The number of likely N-dealkylation sites (N-methyl/N-ethyl adjacent to an activating group) is 1. The summed E-state index contributed by atoms with van der Waals surface area (Å²) < 4.78 is 25.9. The molecule has 1 N–H and O–H groups in total. The van der Waals surface area contributed by atoms with Gasteiger partial charge < -0.3 is 5.11 Å². The molecule has 2 aromatic rings. The zero-order chi connectivity index (χ0) is 14.6. The van der Waals surface area contributed by atoms with Gasteiger partial charge in [-0.3, -0.25) is 4.98 Å². The van der Waals surface area contributed by atoms with Crippen LogP contribution in [0.2, 0.25) is 0 Å². The minimum atomic E-state index is -3.49. The van der Waals surface area contributed by atoms with Gasteiger partial charge in [0.25, 0.3) is 0 Å². The van der Waals surface area contributed by atoms with Gasteiger partial charge in [0.1, 0.15) is 0 Å². The standard InChI is InChI=1S/C13H16N2O3S2/c1-15(7-5-11-4-2-3-6-14-11)20(17,18)13-8-12(9-16)19-10-13/h2-4,6,8,10,16H,5,7,9H2,1H3. The Hall–Kier alpha value is -1.28. The number of rotatable bonds is 6. The van der Waals surface area contributed by atoms with Gasteiger partial charge in [-0.15, -0.1) is 11.3 Å². The van der Waals surface area contributed by atoms with E-state index in [1.54, 1.807) is 18.6 Å². The van der Waals surface area contributed by atoms with Crippen LogP contribution in [0.15, 0.2) is 40.7 Å². The molecule has 0 radical (unpaired) electrons. The second-order valence-electron chi connectivity index (χ2n) is 4.30. The van der Waals surface area contributed by atoms with E-state index in [1.165, 1.54) is 21.7 Å². The summed E-state index contributed by atoms with van der Waals surface area (Å²) in [6.07, 6.45) is 2.25. The number of aliphatic hydroxyl groups excluding tert-OH is 1. The molecule has 0 bridgehead atoms. The maximum Gasteiger partial charge on any atom is 0.243 e. The average Bonchev–Trinajstić information content (AvgIpc) is 2.95. The number of pyridine rings is 1. The van der Waals surface area contributed by atoms with Gasteiger partial charge in [0, 0.05) is 42.2 Å². The fourth-order valence-electron chi connectivity index (χ4n) is 1.70. The van der Waals surface area contributed by atoms with Crippen LogP contribution in [0, 0.1) is 0 Å². The lowest BCUT2D eigenvalue weighted by Crippen LogP contribution is -2.28. The third-order valence-electron chi connectivity index (χ3n) is 2.90. The first-order valence-electron chi connectivity index (χ1n) is 6.08. The van der Waals surface area contributed by atoms with Crippen molar-refractivity contribution in [1.29, 1.82) is 0 Å². The van der Waals surface area contributed by atoms with Crippen LogP contribution in [0.1, 0.15) is 10.6 Å². The Labute approximate surface area is 122 Å². The number of aromatic nitrogens is 1. The average molecular weight is 312 g/mol. The Balaban J connectivity index is 2.05. The maximum atomic E-state index is 12.3. The van der Waals surface area contributed by atoms with Crippen LogP contribution in [-0.2, 0) is 23.1 Å². The summed E-state index contributed by atoms with van der Waals surface area (Å²) in [6, 6.07) is 7.08. The van der Waals surface area contributed by atoms with Gasteiger partial charge in [-0.2, -0.15) is 0 Å². The van der Waals surface area contributed by atoms with Gasteiger partial charge in [0.2, 0.25) is 10.0 Å². The third kappa shape index (κ3) is 3.43. The molecule has 5 nitrogen and oxygen atoms in total. The number of nitrogens with zero attached hydrogens (tertiary/aromatic N) is 2. The van der Waals surface area contributed by atoms with E-state index >= 15 is 0 Å². The van der Waals surface area contributed by atoms with Crippen LogP contribution in [0.25, 0.3) is 0 Å². The Kier molecular flexibility index (Phi) is 4.87. The molecule has 0 atom stereocenters. The zero-order valence-electron chi connectivity index (χ0n) is 11.1. The molecule has 7 heteroatoms. The van der Waals surface area contributed by atoms with Crippen molar-refractivity contribution in [3.05, 3.63) is 46.4 Å². The number of aliphatic hydroxyl groups is 1. The van der Waals surface area contributed by atoms with Crippen molar-refractivity contribution in [2.45, 2.75) is 17.9 Å². The van der Waals surface area contributed by atoms with Gasteiger partial charge in [-0.1, -0.05) is 6.07 Å². The van der Waals surface area contributed by atoms with Gasteiger partial charge in [0.15, 0.2) is 0 Å². The number of hydrogen-bond donors (Lipinski definition) is 1. The molecule has 2 heterocycles. The molecule has 0 aliphatic heterocycles. The van der Waals surface area contributed by atoms with Crippen LogP contribution in [0.3, 0.4) is 0 Å². The molecule has 0 aliphatic rings. The van der Waals surface area contributed by atoms with E-state index in [4.69, 9.17) is 5.11 Å². The molecule has 0 saturated carbocycles. The fraction of sp³-hybridized carbons (Fsp3) is 0.308. The molecule has 0 spiro atoms. The van der Waals surface area contributed by atoms with Crippen molar-refractivity contribution in [2.75, 3.05) is 13.6 Å². The van der Waals surface area contributed by atoms with E-state index in [-0.39, 0.29) is 11.5 Å². The Morgan fingerprint density at radius 2 is 2.20 bits per heavy atom. The fourth-order valence-corrected chi connectivity index (χ4v) is 3.99. The van der Waals surface area contributed by atoms with E-state index in [1.807, 2.05) is 18.2 Å². The largest absolute Gasteiger partial charge is 0.391 e. The molecule has 0 amide bonds. The molecule has 108 valence electrons. The SMILES string of the molecule is CN(CCc1ccccn1)S(=O)(=O)c1csc(CO)c1. The number of thiophene rings is 1. The summed E-state index contributed by atoms with van der Waals surface area (Å²) in [5.41, 5.74) is 0.857. The highest BCUT2D eigenvalue weighted by atomic mass is 32.2. The van der Waals surface area contributed by atoms with Gasteiger partial charge in [-0.05, 0) is 18.2 Å². The highest BCUT2D eigenvalue weighted by Crippen LogP contribution is 2.22. The molecule has 2 aromatic heterocycles. The minimum absolute atomic E-state index is 0.141. The van der Waals surface area contributed by atoms with E-state index in [2.05, 4.69) is 4.98 Å². The van der Waals surface area contributed by atoms with Crippen molar-refractivity contribution in [3.8, 4) is 0 Å². The lowest BCUT2D eigenvalue weighted by molar-refractivity contribution is 0.285. The Morgan fingerprint density at radius 3 is 2.80 bits per heavy atom. The highest BCUT2D eigenvalue weighted by molar-refractivity contribution is 7.89. The van der Waals surface area contributed by atoms with Crippen molar-refractivity contribution < 1.29 is 13.5 Å². The van der Waals surface area contributed by atoms with Crippen molar-refractivity contribution in [2.24, 2.45) is 0 Å². The van der Waals surface area contributed by atoms with Crippen molar-refractivity contribution in [3.63, 3.8) is 0 Å². The van der Waals surface area contributed by atoms with Gasteiger partial charge in [0.05, 0.1) is 11.5 Å². The Bertz CT molecular complexity index is 653. The highest BCUT2D eigenvalue weighted by Gasteiger charge is 2.21. The normalized spacial score (nSPS) is 11.9. The van der Waals surface area contributed by atoms with Crippen molar-refractivity contribution >= 4 is 21.4 Å². The van der Waals surface area contributed by atoms with E-state index in [0.717, 1.165) is 5.69 Å². The number of hydrogen-bond acceptors (Lipinski definition) is 5. The van der Waals surface area contributed by atoms with E-state index < -0.39 is 10.0 Å². The zero-order valence-corrected chi connectivity index (χ0v) is 12.7. The predicted octanol–water partition coefficient (Wildman–Crippen LogP) is 1.50. The van der Waals surface area contributed by atoms with Crippen LogP contribution in [0.4, 0.5) is 0 Å². The van der Waals surface area contributed by atoms with Crippen molar-refractivity contribution in [1.82, 2.24) is 9.29 Å². The van der Waals surface area contributed by atoms with Gasteiger partial charge in [-0.25, -0.2) is 12.7 Å². The molecule has 0 aliphatic carbocycles. The van der Waals surface area contributed by atoms with Crippen LogP contribution >= 0.6 is 11.3 Å². The molecule has 0 aromatic carbocycles. The molecule has 2 rings (SSSR count). The Morgan fingerprint density at radius 1 is 1.40 bits per heavy atom. The lowest BCUT2D eigenvalue weighted by atomic mass is 10.3. The first kappa shape index (κ1) is 15.1. The second kappa shape index (κ2) is 6.45. The molecular weight excluding hydrogens is 296 g/mol. The molecule has 20 heavy (non-hydrogen) atoms. The first-order chi connectivity index (χ1) is 9.54. The summed E-state index contributed by atoms with van der Waals surface area (Å²) in [4.78, 5) is 5.04. The molecule has 0 unspecified atom stereocenters. The summed E-state index contributed by atoms with van der Waals surface area (Å²) in [7, 11) is -1.94. The molecule has 0 fully saturated rings. The minimum Gasteiger partial charge on any atom is -0.391 e. The van der Waals surface area contributed by atoms with Crippen LogP contribution in [-0.4, -0.2) is 36.4 Å². The monoisotopic (exact) mass is 312 g/mol. The summed E-state index contributed by atoms with van der Waals surface area (Å²) >= 11 is 1.24. The first-order valence-corrected chi connectivity index (χ1v) is 8.40. The summed E-state index contributed by atoms with van der Waals surface area (Å²) in [5.74, 6) is 0. The maximum absolute atomic E-state index is 12.3. The summed E-state index contributed by atoms with van der Waals surface area (Å²) in [6.45, 7) is 0.224. The predicted molar refractivity (Wildman–Crippen MR) is 78.0 cm³/mol. The topological polar surface area (TPSA) is 70.5 Å². The summed E-state index contributed by atoms with van der Waals surface area (Å²) in [5, 5.41) is 10.6. The quantitative estimate of drug-likeness (QED) is 0.877. The lowest BCUT2D eigenvalue weighted by Gasteiger charge is -2.15. The third-order valence-corrected chi connectivity index (χ3v) is 5.81. The van der Waals surface area contributed by atoms with Crippen LogP contribution < -0.4 is 0 Å². The number of sulfonamides is 1. The molecular formula is C13H16N2O3S2. The van der Waals surface area contributed by atoms with Crippen LogP contribution in [0.5, 0.6) is 0 Å². The second-order valence-corrected chi connectivity index (χ2v) is 7.35. The van der Waals surface area contributed by atoms with Gasteiger partial charge >= 0.3 is 0 Å². The van der Waals surface area contributed by atoms with E-state index in [9.17, 15) is 8.42 Å².